The van der Waals surface area contributed by atoms with Crippen molar-refractivity contribution in [3.8, 4) is 0 Å². The van der Waals surface area contributed by atoms with E-state index in [0.717, 1.165) is 39.3 Å². The molecular weight excluding hydrogens is 418 g/mol. The second-order valence-corrected chi connectivity index (χ2v) is 6.87. The zero-order chi connectivity index (χ0) is 15.0. The summed E-state index contributed by atoms with van der Waals surface area (Å²) in [4.78, 5) is 0. The molecule has 1 saturated carbocycles. The van der Waals surface area contributed by atoms with Gasteiger partial charge in [-0.1, -0.05) is 61.2 Å². The van der Waals surface area contributed by atoms with Gasteiger partial charge in [-0.3, -0.25) is 0 Å². The summed E-state index contributed by atoms with van der Waals surface area (Å²) in [5.41, 5.74) is 5.72. The fourth-order valence-corrected chi connectivity index (χ4v) is 3.61. The van der Waals surface area contributed by atoms with E-state index in [9.17, 15) is 4.39 Å². The first-order valence-electron chi connectivity index (χ1n) is 6.62. The first-order valence-corrected chi connectivity index (χ1v) is 8.91. The van der Waals surface area contributed by atoms with Crippen LogP contribution in [0.3, 0.4) is 0 Å². The number of allylic oxidation sites excluding steroid dienone is 1. The Hall–Kier alpha value is -0.640. The Kier molecular flexibility index (Phi) is 4.53. The lowest BCUT2D eigenvalue weighted by molar-refractivity contribution is 0.628. The number of hydrogen-bond donors (Lipinski definition) is 0. The topological polar surface area (TPSA) is 0 Å². The molecule has 0 N–H and O–H groups in total. The highest BCUT2D eigenvalue weighted by molar-refractivity contribution is 9.10. The van der Waals surface area contributed by atoms with E-state index >= 15 is 0 Å². The predicted molar refractivity (Wildman–Crippen MR) is 93.4 cm³/mol. The molecule has 1 fully saturated rings. The van der Waals surface area contributed by atoms with Gasteiger partial charge in [-0.05, 0) is 53.8 Å². The van der Waals surface area contributed by atoms with Gasteiger partial charge in [0.15, 0.2) is 0 Å². The number of alkyl halides is 1. The molecule has 0 bridgehead atoms. The molecule has 1 aliphatic carbocycles. The maximum absolute atomic E-state index is 13.3. The van der Waals surface area contributed by atoms with E-state index in [1.54, 1.807) is 6.07 Å². The molecule has 0 spiro atoms. The van der Waals surface area contributed by atoms with Crippen LogP contribution in [0.4, 0.5) is 4.39 Å². The Morgan fingerprint density at radius 3 is 2.38 bits per heavy atom. The Morgan fingerprint density at radius 2 is 1.81 bits per heavy atom. The normalized spacial score (nSPS) is 13.4. The van der Waals surface area contributed by atoms with E-state index in [4.69, 9.17) is 11.6 Å². The number of hydrogen-bond acceptors (Lipinski definition) is 0. The number of benzene rings is 2. The molecule has 0 saturated heterocycles. The molecule has 0 aliphatic heterocycles. The highest BCUT2D eigenvalue weighted by Gasteiger charge is 2.23. The molecule has 1 aliphatic rings. The SMILES string of the molecule is Fc1ccc(C(=C2CC2)c2ccc(CBr)cc2Br)c(Cl)c1. The molecule has 0 atom stereocenters. The van der Waals surface area contributed by atoms with Crippen LogP contribution in [0.2, 0.25) is 5.02 Å². The highest BCUT2D eigenvalue weighted by atomic mass is 79.9. The Balaban J connectivity index is 2.15. The second-order valence-electron chi connectivity index (χ2n) is 5.05. The van der Waals surface area contributed by atoms with E-state index in [1.807, 2.05) is 0 Å². The first-order chi connectivity index (χ1) is 10.1. The van der Waals surface area contributed by atoms with Crippen LogP contribution in [-0.4, -0.2) is 0 Å². The van der Waals surface area contributed by atoms with E-state index in [-0.39, 0.29) is 5.82 Å². The average Bonchev–Trinajstić information content (AvgIpc) is 3.27. The summed E-state index contributed by atoms with van der Waals surface area (Å²) in [6.07, 6.45) is 2.16. The summed E-state index contributed by atoms with van der Waals surface area (Å²) in [5.74, 6) is -0.308. The molecular formula is C17H12Br2ClF. The molecule has 0 unspecified atom stereocenters. The van der Waals surface area contributed by atoms with Gasteiger partial charge in [0.05, 0.1) is 5.02 Å². The van der Waals surface area contributed by atoms with Crippen molar-refractivity contribution in [2.24, 2.45) is 0 Å². The summed E-state index contributed by atoms with van der Waals surface area (Å²) >= 11 is 13.4. The fourth-order valence-electron chi connectivity index (χ4n) is 2.38. The van der Waals surface area contributed by atoms with Crippen molar-refractivity contribution in [2.45, 2.75) is 18.2 Å². The van der Waals surface area contributed by atoms with Gasteiger partial charge in [0.1, 0.15) is 5.82 Å². The first kappa shape index (κ1) is 15.3. The zero-order valence-electron chi connectivity index (χ0n) is 11.1. The molecule has 0 aromatic heterocycles. The largest absolute Gasteiger partial charge is 0.207 e. The van der Waals surface area contributed by atoms with Crippen LogP contribution >= 0.6 is 43.5 Å². The standard InChI is InChI=1S/C17H12Br2ClF/c18-9-10-1-5-13(15(19)7-10)17(11-2-3-11)14-6-4-12(21)8-16(14)20/h1,4-8H,2-3,9H2. The van der Waals surface area contributed by atoms with Gasteiger partial charge in [0.2, 0.25) is 0 Å². The van der Waals surface area contributed by atoms with E-state index < -0.39 is 0 Å². The van der Waals surface area contributed by atoms with Crippen molar-refractivity contribution in [1.82, 2.24) is 0 Å². The lowest BCUT2D eigenvalue weighted by atomic mass is 9.96. The molecule has 0 amide bonds. The van der Waals surface area contributed by atoms with Crippen molar-refractivity contribution in [3.05, 3.63) is 74.0 Å². The van der Waals surface area contributed by atoms with E-state index in [2.05, 4.69) is 50.1 Å². The van der Waals surface area contributed by atoms with Gasteiger partial charge >= 0.3 is 0 Å². The van der Waals surface area contributed by atoms with Crippen molar-refractivity contribution in [2.75, 3.05) is 0 Å². The van der Waals surface area contributed by atoms with Crippen LogP contribution in [0.1, 0.15) is 29.5 Å². The third-order valence-corrected chi connectivity index (χ3v) is 5.13. The number of rotatable bonds is 3. The summed E-state index contributed by atoms with van der Waals surface area (Å²) in [6, 6.07) is 10.9. The molecule has 3 rings (SSSR count). The smallest absolute Gasteiger partial charge is 0.124 e. The maximum Gasteiger partial charge on any atom is 0.124 e. The quantitative estimate of drug-likeness (QED) is 0.474. The van der Waals surface area contributed by atoms with Crippen molar-refractivity contribution < 1.29 is 4.39 Å². The van der Waals surface area contributed by atoms with Gasteiger partial charge in [0, 0.05) is 15.4 Å². The predicted octanol–water partition coefficient (Wildman–Crippen LogP) is 6.73. The van der Waals surface area contributed by atoms with Gasteiger partial charge in [-0.15, -0.1) is 0 Å². The second kappa shape index (κ2) is 6.23. The van der Waals surface area contributed by atoms with Gasteiger partial charge in [0.25, 0.3) is 0 Å². The maximum atomic E-state index is 13.3. The van der Waals surface area contributed by atoms with Crippen LogP contribution in [0.25, 0.3) is 5.57 Å². The third kappa shape index (κ3) is 3.25. The van der Waals surface area contributed by atoms with Crippen molar-refractivity contribution in [1.29, 1.82) is 0 Å². The van der Waals surface area contributed by atoms with Gasteiger partial charge < -0.3 is 0 Å². The van der Waals surface area contributed by atoms with Crippen LogP contribution in [0, 0.1) is 5.82 Å². The minimum absolute atomic E-state index is 0.308. The molecule has 4 heteroatoms. The summed E-state index contributed by atoms with van der Waals surface area (Å²) in [6.45, 7) is 0. The summed E-state index contributed by atoms with van der Waals surface area (Å²) in [5, 5.41) is 1.27. The van der Waals surface area contributed by atoms with Crippen molar-refractivity contribution >= 4 is 49.0 Å². The molecule has 21 heavy (non-hydrogen) atoms. The highest BCUT2D eigenvalue weighted by Crippen LogP contribution is 2.44. The molecule has 108 valence electrons. The number of halogens is 4. The lowest BCUT2D eigenvalue weighted by Gasteiger charge is -2.13. The minimum Gasteiger partial charge on any atom is -0.207 e. The average molecular weight is 431 g/mol. The molecule has 0 radical (unpaired) electrons. The fraction of sp³-hybridized carbons (Fsp3) is 0.176. The molecule has 0 heterocycles. The van der Waals surface area contributed by atoms with E-state index in [0.29, 0.717) is 5.02 Å². The van der Waals surface area contributed by atoms with Crippen LogP contribution < -0.4 is 0 Å². The van der Waals surface area contributed by atoms with E-state index in [1.165, 1.54) is 23.3 Å². The Bertz CT molecular complexity index is 732. The molecule has 2 aromatic carbocycles. The monoisotopic (exact) mass is 428 g/mol. The van der Waals surface area contributed by atoms with Crippen LogP contribution in [-0.2, 0) is 5.33 Å². The zero-order valence-corrected chi connectivity index (χ0v) is 15.0. The summed E-state index contributed by atoms with van der Waals surface area (Å²) < 4.78 is 14.3. The summed E-state index contributed by atoms with van der Waals surface area (Å²) in [7, 11) is 0. The van der Waals surface area contributed by atoms with Crippen molar-refractivity contribution in [3.63, 3.8) is 0 Å². The third-order valence-electron chi connectivity index (χ3n) is 3.51. The van der Waals surface area contributed by atoms with Crippen LogP contribution in [0.5, 0.6) is 0 Å². The lowest BCUT2D eigenvalue weighted by Crippen LogP contribution is -1.93. The minimum atomic E-state index is -0.308. The van der Waals surface area contributed by atoms with Gasteiger partial charge in [-0.2, -0.15) is 0 Å². The molecule has 2 aromatic rings. The Labute approximate surface area is 145 Å². The molecule has 0 nitrogen and oxygen atoms in total. The van der Waals surface area contributed by atoms with Crippen LogP contribution in [0.15, 0.2) is 46.4 Å². The van der Waals surface area contributed by atoms with Gasteiger partial charge in [-0.25, -0.2) is 4.39 Å². The Morgan fingerprint density at radius 1 is 1.10 bits per heavy atom.